The fourth-order valence-electron chi connectivity index (χ4n) is 8.03. The zero-order valence-electron chi connectivity index (χ0n) is 31.8. The van der Waals surface area contributed by atoms with Gasteiger partial charge in [-0.25, -0.2) is 9.59 Å². The molecule has 0 aliphatic rings. The fourth-order valence-corrected chi connectivity index (χ4v) is 8.37. The maximum atomic E-state index is 12.2. The van der Waals surface area contributed by atoms with Gasteiger partial charge in [-0.15, -0.1) is 0 Å². The third-order valence-electron chi connectivity index (χ3n) is 10.5. The minimum Gasteiger partial charge on any atom is -0.361 e. The number of benzene rings is 4. The van der Waals surface area contributed by atoms with E-state index >= 15 is 0 Å². The van der Waals surface area contributed by atoms with Crippen molar-refractivity contribution in [2.45, 2.75) is 41.5 Å². The number of rotatable bonds is 4. The number of nitrogens with one attached hydrogen (secondary N) is 4. The molecule has 4 aromatic carbocycles. The third-order valence-corrected chi connectivity index (χ3v) is 10.9. The number of H-pyrrole nitrogens is 4. The molecule has 282 valence electrons. The SMILES string of the molecule is Cc1ccc2ncccc2c1-c1c(Cl)c(-c2c(C)noc2C)cc2[nH]c(=O)[nH]c12.Cc1ccc2ncccc2c1-c1cc(-c2c(C)noc2C)cc2[nH]c(=O)[nH]c12. The first-order valence-electron chi connectivity index (χ1n) is 18.2. The highest BCUT2D eigenvalue weighted by molar-refractivity contribution is 6.38. The average Bonchev–Trinajstić information content (AvgIpc) is 3.95. The molecule has 4 N–H and O–H groups in total. The van der Waals surface area contributed by atoms with Gasteiger partial charge in [-0.3, -0.25) is 9.97 Å². The maximum absolute atomic E-state index is 12.2. The summed E-state index contributed by atoms with van der Waals surface area (Å²) < 4.78 is 10.7. The minimum absolute atomic E-state index is 0.233. The van der Waals surface area contributed by atoms with Gasteiger partial charge in [-0.1, -0.05) is 46.2 Å². The summed E-state index contributed by atoms with van der Waals surface area (Å²) in [6.07, 6.45) is 3.55. The summed E-state index contributed by atoms with van der Waals surface area (Å²) in [4.78, 5) is 44.9. The first-order chi connectivity index (χ1) is 27.5. The normalized spacial score (nSPS) is 11.6. The van der Waals surface area contributed by atoms with Crippen LogP contribution in [0.3, 0.4) is 0 Å². The number of hydrogen-bond acceptors (Lipinski definition) is 8. The number of halogens is 1. The smallest absolute Gasteiger partial charge is 0.323 e. The lowest BCUT2D eigenvalue weighted by molar-refractivity contribution is 0.393. The van der Waals surface area contributed by atoms with E-state index in [1.807, 2.05) is 83.1 Å². The summed E-state index contributed by atoms with van der Waals surface area (Å²) in [7, 11) is 0. The molecule has 57 heavy (non-hydrogen) atoms. The molecule has 0 aliphatic heterocycles. The van der Waals surface area contributed by atoms with Crippen molar-refractivity contribution in [3.63, 3.8) is 0 Å². The van der Waals surface area contributed by atoms with E-state index in [1.165, 1.54) is 0 Å². The van der Waals surface area contributed by atoms with Crippen LogP contribution in [0, 0.1) is 41.5 Å². The maximum Gasteiger partial charge on any atom is 0.323 e. The summed E-state index contributed by atoms with van der Waals surface area (Å²) >= 11 is 7.01. The van der Waals surface area contributed by atoms with Crippen molar-refractivity contribution in [1.82, 2.24) is 40.2 Å². The van der Waals surface area contributed by atoms with Gasteiger partial charge in [0.1, 0.15) is 11.5 Å². The van der Waals surface area contributed by atoms with Crippen LogP contribution in [0.4, 0.5) is 0 Å². The average molecular weight is 775 g/mol. The largest absolute Gasteiger partial charge is 0.361 e. The van der Waals surface area contributed by atoms with Crippen LogP contribution in [0.25, 0.3) is 88.4 Å². The Kier molecular flexibility index (Phi) is 8.51. The molecular weight excluding hydrogens is 740 g/mol. The number of aromatic amines is 4. The lowest BCUT2D eigenvalue weighted by Crippen LogP contribution is -1.99. The molecule has 0 atom stereocenters. The number of fused-ring (bicyclic) bond motifs is 4. The summed E-state index contributed by atoms with van der Waals surface area (Å²) in [5, 5.41) is 10.7. The van der Waals surface area contributed by atoms with Gasteiger partial charge in [0.25, 0.3) is 0 Å². The fraction of sp³-hybridized carbons (Fsp3) is 0.136. The van der Waals surface area contributed by atoms with E-state index in [4.69, 9.17) is 20.6 Å². The molecule has 0 fully saturated rings. The zero-order chi connectivity index (χ0) is 39.7. The molecule has 0 unspecified atom stereocenters. The molecule has 0 saturated carbocycles. The summed E-state index contributed by atoms with van der Waals surface area (Å²) in [5.41, 5.74) is 15.0. The summed E-state index contributed by atoms with van der Waals surface area (Å²) in [5.74, 6) is 1.42. The van der Waals surface area contributed by atoms with Crippen LogP contribution in [-0.2, 0) is 0 Å². The van der Waals surface area contributed by atoms with Gasteiger partial charge in [0.05, 0.1) is 49.5 Å². The van der Waals surface area contributed by atoms with E-state index in [-0.39, 0.29) is 11.4 Å². The van der Waals surface area contributed by atoms with Crippen molar-refractivity contribution >= 4 is 55.5 Å². The molecule has 13 heteroatoms. The Morgan fingerprint density at radius 1 is 0.544 bits per heavy atom. The van der Waals surface area contributed by atoms with Gasteiger partial charge >= 0.3 is 11.4 Å². The highest BCUT2D eigenvalue weighted by atomic mass is 35.5. The van der Waals surface area contributed by atoms with Crippen molar-refractivity contribution in [2.75, 3.05) is 0 Å². The second-order valence-electron chi connectivity index (χ2n) is 14.2. The Balaban J connectivity index is 0.000000148. The molecule has 10 aromatic rings. The molecular formula is C44H35ClN8O4. The molecule has 0 aliphatic carbocycles. The van der Waals surface area contributed by atoms with Gasteiger partial charge in [0.15, 0.2) is 0 Å². The highest BCUT2D eigenvalue weighted by Gasteiger charge is 2.24. The number of aromatic nitrogens is 8. The molecule has 0 bridgehead atoms. The Hall–Kier alpha value is -7.05. The van der Waals surface area contributed by atoms with E-state index in [1.54, 1.807) is 12.4 Å². The first kappa shape index (κ1) is 35.6. The van der Waals surface area contributed by atoms with Gasteiger partial charge in [-0.05, 0) is 112 Å². The Labute approximate surface area is 328 Å². The molecule has 0 radical (unpaired) electrons. The predicted molar refractivity (Wildman–Crippen MR) is 224 cm³/mol. The number of hydrogen-bond donors (Lipinski definition) is 4. The Morgan fingerprint density at radius 2 is 1.09 bits per heavy atom. The molecule has 6 aromatic heterocycles. The quantitative estimate of drug-likeness (QED) is 0.137. The van der Waals surface area contributed by atoms with Crippen LogP contribution in [-0.4, -0.2) is 40.2 Å². The summed E-state index contributed by atoms with van der Waals surface area (Å²) in [6.45, 7) is 11.6. The Morgan fingerprint density at radius 3 is 1.68 bits per heavy atom. The van der Waals surface area contributed by atoms with Crippen LogP contribution < -0.4 is 11.4 Å². The topological polar surface area (TPSA) is 175 Å². The highest BCUT2D eigenvalue weighted by Crippen LogP contribution is 2.45. The molecule has 10 rings (SSSR count). The van der Waals surface area contributed by atoms with Crippen molar-refractivity contribution < 1.29 is 9.05 Å². The number of imidazole rings is 2. The second-order valence-corrected chi connectivity index (χ2v) is 14.6. The number of pyridine rings is 2. The van der Waals surface area contributed by atoms with Crippen molar-refractivity contribution in [2.24, 2.45) is 0 Å². The molecule has 0 saturated heterocycles. The molecule has 0 amide bonds. The van der Waals surface area contributed by atoms with E-state index in [0.29, 0.717) is 21.8 Å². The predicted octanol–water partition coefficient (Wildman–Crippen LogP) is 9.96. The van der Waals surface area contributed by atoms with Crippen molar-refractivity contribution in [1.29, 1.82) is 0 Å². The first-order valence-corrected chi connectivity index (χ1v) is 18.6. The van der Waals surface area contributed by atoms with E-state index in [0.717, 1.165) is 106 Å². The standard InChI is InChI=1S/C22H17ClN4O2.C22H18N4O2/c1-10-6-7-15-13(5-4-8-24-15)17(10)19-20(23)14(18-11(2)27-29-12(18)3)9-16-21(19)26-22(28)25-16;1-11-6-7-17-15(5-4-8-23-17)19(11)16-9-14(20-12(2)26-28-13(20)3)10-18-21(16)25-22(27)24-18/h4-9H,1-3H3,(H2,25,26,28);4-10H,1-3H3,(H2,24,25,27). The second kappa shape index (κ2) is 13.6. The monoisotopic (exact) mass is 774 g/mol. The van der Waals surface area contributed by atoms with E-state index < -0.39 is 0 Å². The van der Waals surface area contributed by atoms with Crippen LogP contribution in [0.15, 0.2) is 97.8 Å². The van der Waals surface area contributed by atoms with Gasteiger partial charge in [0.2, 0.25) is 0 Å². The van der Waals surface area contributed by atoms with E-state index in [9.17, 15) is 9.59 Å². The molecule has 6 heterocycles. The van der Waals surface area contributed by atoms with Crippen LogP contribution in [0.5, 0.6) is 0 Å². The van der Waals surface area contributed by atoms with Gasteiger partial charge < -0.3 is 29.0 Å². The minimum atomic E-state index is -0.288. The van der Waals surface area contributed by atoms with E-state index in [2.05, 4.69) is 65.3 Å². The van der Waals surface area contributed by atoms with Crippen LogP contribution in [0.2, 0.25) is 5.02 Å². The summed E-state index contributed by atoms with van der Waals surface area (Å²) in [6, 6.07) is 21.9. The lowest BCUT2D eigenvalue weighted by Gasteiger charge is -2.15. The lowest BCUT2D eigenvalue weighted by atomic mass is 9.91. The van der Waals surface area contributed by atoms with Crippen molar-refractivity contribution in [3.05, 3.63) is 139 Å². The van der Waals surface area contributed by atoms with Crippen LogP contribution in [0.1, 0.15) is 34.0 Å². The third kappa shape index (κ3) is 5.92. The van der Waals surface area contributed by atoms with Gasteiger partial charge in [-0.2, -0.15) is 0 Å². The zero-order valence-corrected chi connectivity index (χ0v) is 32.6. The Bertz CT molecular complexity index is 3310. The van der Waals surface area contributed by atoms with Crippen LogP contribution >= 0.6 is 11.6 Å². The van der Waals surface area contributed by atoms with Crippen molar-refractivity contribution in [3.8, 4) is 44.5 Å². The molecule has 12 nitrogen and oxygen atoms in total. The number of nitrogens with zero attached hydrogens (tertiary/aromatic N) is 4. The van der Waals surface area contributed by atoms with Gasteiger partial charge in [0, 0.05) is 51.0 Å². The number of aryl methyl sites for hydroxylation is 6. The molecule has 0 spiro atoms.